The van der Waals surface area contributed by atoms with Crippen LogP contribution in [0.4, 0.5) is 0 Å². The van der Waals surface area contributed by atoms with Gasteiger partial charge in [-0.1, -0.05) is 171 Å². The lowest BCUT2D eigenvalue weighted by molar-refractivity contribution is -0.143. The van der Waals surface area contributed by atoms with E-state index in [1.165, 1.54) is 71.1 Å². The second-order valence-electron chi connectivity index (χ2n) is 17.6. The molecule has 9 nitrogen and oxygen atoms in total. The van der Waals surface area contributed by atoms with Crippen molar-refractivity contribution in [2.24, 2.45) is 10.3 Å². The maximum absolute atomic E-state index is 13.0. The molecule has 4 aromatic rings. The third-order valence-electron chi connectivity index (χ3n) is 13.9. The van der Waals surface area contributed by atoms with Gasteiger partial charge in [-0.05, 0) is 140 Å². The molecule has 2 aliphatic carbocycles. The Balaban J connectivity index is 0.000000282. The monoisotopic (exact) mass is 948 g/mol. The fraction of sp³-hybridized carbons (Fsp3) is 0.483. The summed E-state index contributed by atoms with van der Waals surface area (Å²) < 4.78 is 0. The van der Waals surface area contributed by atoms with Crippen molar-refractivity contribution in [1.29, 1.82) is 0 Å². The average molecular weight is 949 g/mol. The molecule has 368 valence electrons. The largest absolute Gasteiger partial charge is 0.411 e. The predicted octanol–water partition coefficient (Wildman–Crippen LogP) is 14.9. The number of hydrogen-bond donors (Lipinski definition) is 1. The number of carbonyl (C=O) groups is 4. The van der Waals surface area contributed by atoms with Gasteiger partial charge in [0.15, 0.2) is 0 Å². The standard InChI is InChI=1S/C26H31NO3.C20H21NO2.C6H11ClO.C6H15N/c1-5-8-9-14-24(28)30-27-18(4)25(29)19-15-16-21-20-12-10-11-13-22(20)26(6-2,7-3)23(21)17-19;1-4-20(5-2)17-9-7-6-8-15(17)16-11-10-14(12-18(16)20)19(22)13(3)21-23;1-2-3-4-5-6(7)8;1-4-7(5-2)6-3/h10-13,15-17H,5-9,14H2,1-4H3;6-12,23H,4-5H2,1-3H3;2-5H2,1H3;4-6H2,1-3H3/b27-18-;21-13-;;. The van der Waals surface area contributed by atoms with Gasteiger partial charge in [-0.3, -0.25) is 14.4 Å². The van der Waals surface area contributed by atoms with Gasteiger partial charge in [0.25, 0.3) is 0 Å². The van der Waals surface area contributed by atoms with E-state index in [0.29, 0.717) is 24.0 Å². The summed E-state index contributed by atoms with van der Waals surface area (Å²) in [5, 5.41) is 15.5. The number of rotatable bonds is 20. The van der Waals surface area contributed by atoms with Crippen LogP contribution in [0, 0.1) is 0 Å². The number of hydrogen-bond acceptors (Lipinski definition) is 9. The molecule has 4 aromatic carbocycles. The molecule has 0 atom stereocenters. The molecular formula is C58H78ClN3O6. The molecule has 0 unspecified atom stereocenters. The molecule has 68 heavy (non-hydrogen) atoms. The first-order valence-corrected chi connectivity index (χ1v) is 25.5. The zero-order chi connectivity index (χ0) is 50.4. The zero-order valence-electron chi connectivity index (χ0n) is 42.9. The van der Waals surface area contributed by atoms with Crippen LogP contribution in [0.3, 0.4) is 0 Å². The fourth-order valence-corrected chi connectivity index (χ4v) is 9.72. The van der Waals surface area contributed by atoms with Crippen LogP contribution in [0.1, 0.15) is 196 Å². The predicted molar refractivity (Wildman–Crippen MR) is 282 cm³/mol. The van der Waals surface area contributed by atoms with Gasteiger partial charge in [0.05, 0.1) is 0 Å². The van der Waals surface area contributed by atoms with E-state index in [1.807, 2.05) is 36.4 Å². The number of oxime groups is 2. The zero-order valence-corrected chi connectivity index (χ0v) is 43.7. The second-order valence-corrected chi connectivity index (χ2v) is 18.0. The number of unbranched alkanes of at least 4 members (excludes halogenated alkanes) is 4. The summed E-state index contributed by atoms with van der Waals surface area (Å²) in [6.07, 6.45) is 10.7. The molecule has 0 aliphatic heterocycles. The van der Waals surface area contributed by atoms with Crippen molar-refractivity contribution in [2.45, 2.75) is 164 Å². The first-order valence-electron chi connectivity index (χ1n) is 25.1. The Labute approximate surface area is 412 Å². The van der Waals surface area contributed by atoms with Gasteiger partial charge in [0.1, 0.15) is 11.4 Å². The number of ketones is 2. The Morgan fingerprint density at radius 2 is 0.941 bits per heavy atom. The molecule has 2 aliphatic rings. The van der Waals surface area contributed by atoms with Crippen LogP contribution >= 0.6 is 11.6 Å². The first kappa shape index (κ1) is 57.1. The van der Waals surface area contributed by atoms with Crippen LogP contribution in [0.2, 0.25) is 0 Å². The molecule has 0 fully saturated rings. The third kappa shape index (κ3) is 13.7. The minimum absolute atomic E-state index is 0.0491. The van der Waals surface area contributed by atoms with Gasteiger partial charge in [0.2, 0.25) is 16.8 Å². The Kier molecular flexibility index (Phi) is 23.7. The Bertz CT molecular complexity index is 2350. The van der Waals surface area contributed by atoms with Crippen molar-refractivity contribution in [3.05, 3.63) is 118 Å². The van der Waals surface area contributed by atoms with Crippen LogP contribution in [-0.2, 0) is 25.3 Å². The lowest BCUT2D eigenvalue weighted by Crippen LogP contribution is -2.23. The van der Waals surface area contributed by atoms with Crippen molar-refractivity contribution in [3.63, 3.8) is 0 Å². The van der Waals surface area contributed by atoms with Gasteiger partial charge >= 0.3 is 5.97 Å². The van der Waals surface area contributed by atoms with Crippen LogP contribution in [0.25, 0.3) is 22.3 Å². The summed E-state index contributed by atoms with van der Waals surface area (Å²) in [5.74, 6) is -0.834. The number of carbonyl (C=O) groups excluding carboxylic acids is 4. The molecule has 0 aromatic heterocycles. The summed E-state index contributed by atoms with van der Waals surface area (Å²) in [4.78, 5) is 54.5. The van der Waals surface area contributed by atoms with E-state index < -0.39 is 5.97 Å². The minimum Gasteiger partial charge on any atom is -0.411 e. The van der Waals surface area contributed by atoms with E-state index in [4.69, 9.17) is 21.6 Å². The third-order valence-corrected chi connectivity index (χ3v) is 14.1. The molecule has 0 saturated carbocycles. The van der Waals surface area contributed by atoms with Crippen molar-refractivity contribution in [3.8, 4) is 22.3 Å². The van der Waals surface area contributed by atoms with Crippen LogP contribution in [-0.4, -0.2) is 63.9 Å². The summed E-state index contributed by atoms with van der Waals surface area (Å²) in [6.45, 7) is 26.2. The van der Waals surface area contributed by atoms with Gasteiger partial charge in [-0.2, -0.15) is 0 Å². The Hall–Kier alpha value is -5.25. The van der Waals surface area contributed by atoms with E-state index in [2.05, 4.69) is 126 Å². The van der Waals surface area contributed by atoms with Crippen molar-refractivity contribution >= 4 is 45.8 Å². The van der Waals surface area contributed by atoms with E-state index in [9.17, 15) is 19.2 Å². The van der Waals surface area contributed by atoms with E-state index >= 15 is 0 Å². The second kappa shape index (κ2) is 28.3. The normalized spacial score (nSPS) is 13.5. The molecule has 6 rings (SSSR count). The van der Waals surface area contributed by atoms with Crippen molar-refractivity contribution in [1.82, 2.24) is 4.90 Å². The highest BCUT2D eigenvalue weighted by atomic mass is 35.5. The summed E-state index contributed by atoms with van der Waals surface area (Å²) in [5.41, 5.74) is 11.3. The van der Waals surface area contributed by atoms with Crippen LogP contribution in [0.15, 0.2) is 95.2 Å². The molecular weight excluding hydrogens is 870 g/mol. The number of halogens is 1. The van der Waals surface area contributed by atoms with Gasteiger partial charge in [0, 0.05) is 34.8 Å². The minimum atomic E-state index is -0.393. The molecule has 0 amide bonds. The SMILES string of the molecule is CCC1(CC)c2ccccc2-c2ccc(C(=O)/C(C)=N\O)cc21.CCCCCC(=O)Cl.CCCCCC(=O)O/N=C(/C)C(=O)c1ccc2c(c1)C(CC)(CC)c1ccccc1-2.CCN(CC)CC. The van der Waals surface area contributed by atoms with Gasteiger partial charge in [-0.25, -0.2) is 4.79 Å². The maximum Gasteiger partial charge on any atom is 0.335 e. The van der Waals surface area contributed by atoms with E-state index in [0.717, 1.165) is 64.2 Å². The molecule has 0 heterocycles. The van der Waals surface area contributed by atoms with Crippen molar-refractivity contribution in [2.75, 3.05) is 19.6 Å². The molecule has 0 saturated heterocycles. The maximum atomic E-state index is 13.0. The van der Waals surface area contributed by atoms with Gasteiger partial charge in [-0.15, -0.1) is 0 Å². The fourth-order valence-electron chi connectivity index (χ4n) is 9.59. The lowest BCUT2D eigenvalue weighted by Gasteiger charge is -2.29. The summed E-state index contributed by atoms with van der Waals surface area (Å²) in [7, 11) is 0. The lowest BCUT2D eigenvalue weighted by atomic mass is 9.73. The van der Waals surface area contributed by atoms with Crippen LogP contribution in [0.5, 0.6) is 0 Å². The number of benzene rings is 4. The molecule has 0 spiro atoms. The topological polar surface area (TPSA) is 126 Å². The number of fused-ring (bicyclic) bond motifs is 6. The van der Waals surface area contributed by atoms with Crippen molar-refractivity contribution < 1.29 is 29.2 Å². The smallest absolute Gasteiger partial charge is 0.335 e. The molecule has 10 heteroatoms. The molecule has 1 N–H and O–H groups in total. The molecule has 0 radical (unpaired) electrons. The Morgan fingerprint density at radius 1 is 0.544 bits per heavy atom. The molecule has 0 bridgehead atoms. The average Bonchev–Trinajstić information content (AvgIpc) is 3.82. The highest BCUT2D eigenvalue weighted by Crippen LogP contribution is 2.54. The number of nitrogens with zero attached hydrogens (tertiary/aromatic N) is 3. The Morgan fingerprint density at radius 3 is 1.31 bits per heavy atom. The highest BCUT2D eigenvalue weighted by Gasteiger charge is 2.42. The van der Waals surface area contributed by atoms with Gasteiger partial charge < -0.3 is 14.9 Å². The van der Waals surface area contributed by atoms with Crippen LogP contribution < -0.4 is 0 Å². The summed E-state index contributed by atoms with van der Waals surface area (Å²) >= 11 is 5.07. The first-order chi connectivity index (χ1) is 32.7. The number of Topliss-reactive ketones (excluding diaryl/α,β-unsaturated/α-hetero) is 2. The highest BCUT2D eigenvalue weighted by molar-refractivity contribution is 6.63. The quantitative estimate of drug-likeness (QED) is 0.0178. The van der Waals surface area contributed by atoms with E-state index in [-0.39, 0.29) is 39.1 Å². The van der Waals surface area contributed by atoms with E-state index in [1.54, 1.807) is 6.92 Å². The summed E-state index contributed by atoms with van der Waals surface area (Å²) in [6, 6.07) is 28.7.